The Morgan fingerprint density at radius 3 is 2.64 bits per heavy atom. The molecule has 2 N–H and O–H groups in total. The van der Waals surface area contributed by atoms with E-state index in [1.165, 1.54) is 5.57 Å². The lowest BCUT2D eigenvalue weighted by atomic mass is 10.3. The summed E-state index contributed by atoms with van der Waals surface area (Å²) in [5.41, 5.74) is 7.61. The Balaban J connectivity index is 3.06. The van der Waals surface area contributed by atoms with E-state index in [2.05, 4.69) is 0 Å². The van der Waals surface area contributed by atoms with Gasteiger partial charge in [-0.15, -0.1) is 11.3 Å². The van der Waals surface area contributed by atoms with Crippen LogP contribution in [-0.4, -0.2) is 0 Å². The van der Waals surface area contributed by atoms with Crippen LogP contribution in [0.2, 0.25) is 5.02 Å². The van der Waals surface area contributed by atoms with E-state index in [-0.39, 0.29) is 0 Å². The molecule has 11 heavy (non-hydrogen) atoms. The Morgan fingerprint density at radius 2 is 2.27 bits per heavy atom. The summed E-state index contributed by atoms with van der Waals surface area (Å²) in [6, 6.07) is 0. The zero-order chi connectivity index (χ0) is 8.43. The number of rotatable bonds is 1. The van der Waals surface area contributed by atoms with E-state index in [1.54, 1.807) is 11.3 Å². The number of hydrogen-bond acceptors (Lipinski definition) is 2. The molecule has 1 aromatic heterocycles. The summed E-state index contributed by atoms with van der Waals surface area (Å²) in [5, 5.41) is 2.51. The lowest BCUT2D eigenvalue weighted by Crippen LogP contribution is -1.83. The van der Waals surface area contributed by atoms with Crippen molar-refractivity contribution in [2.45, 2.75) is 13.8 Å². The van der Waals surface area contributed by atoms with Gasteiger partial charge in [-0.1, -0.05) is 17.2 Å². The summed E-state index contributed by atoms with van der Waals surface area (Å²) in [6.07, 6.45) is 2.03. The van der Waals surface area contributed by atoms with E-state index in [4.69, 9.17) is 17.3 Å². The first-order valence-electron chi connectivity index (χ1n) is 3.28. The summed E-state index contributed by atoms with van der Waals surface area (Å²) >= 11 is 7.34. The highest BCUT2D eigenvalue weighted by Gasteiger charge is 2.02. The second-order valence-corrected chi connectivity index (χ2v) is 3.90. The molecule has 0 aliphatic rings. The number of nitrogens with two attached hydrogens (primary N) is 1. The van der Waals surface area contributed by atoms with Crippen LogP contribution in [0.15, 0.2) is 11.0 Å². The first-order chi connectivity index (χ1) is 5.11. The number of halogens is 1. The normalized spacial score (nSPS) is 9.73. The first kappa shape index (κ1) is 8.62. The molecule has 1 rings (SSSR count). The molecule has 3 heteroatoms. The van der Waals surface area contributed by atoms with Crippen molar-refractivity contribution in [1.82, 2.24) is 0 Å². The van der Waals surface area contributed by atoms with Gasteiger partial charge in [-0.05, 0) is 19.9 Å². The highest BCUT2D eigenvalue weighted by Crippen LogP contribution is 2.30. The third-order valence-electron chi connectivity index (χ3n) is 1.23. The number of nitrogen functional groups attached to an aromatic ring is 1. The Hall–Kier alpha value is -0.470. The molecule has 0 spiro atoms. The largest absolute Gasteiger partial charge is 0.396 e. The molecule has 0 aliphatic heterocycles. The van der Waals surface area contributed by atoms with Crippen LogP contribution < -0.4 is 5.73 Å². The van der Waals surface area contributed by atoms with Crippen LogP contribution in [0.4, 0.5) is 5.69 Å². The molecule has 0 fully saturated rings. The maximum atomic E-state index is 5.77. The molecular formula is C8H10ClNS. The monoisotopic (exact) mass is 187 g/mol. The van der Waals surface area contributed by atoms with E-state index in [1.807, 2.05) is 25.3 Å². The van der Waals surface area contributed by atoms with E-state index in [0.29, 0.717) is 10.7 Å². The number of allylic oxidation sites excluding steroid dienone is 1. The van der Waals surface area contributed by atoms with Crippen LogP contribution >= 0.6 is 22.9 Å². The Bertz CT molecular complexity index is 284. The molecule has 0 unspecified atom stereocenters. The van der Waals surface area contributed by atoms with Gasteiger partial charge in [0.05, 0.1) is 15.6 Å². The van der Waals surface area contributed by atoms with Gasteiger partial charge in [0.1, 0.15) is 0 Å². The first-order valence-corrected chi connectivity index (χ1v) is 4.54. The average molecular weight is 188 g/mol. The molecule has 0 aliphatic carbocycles. The van der Waals surface area contributed by atoms with Crippen molar-refractivity contribution < 1.29 is 0 Å². The topological polar surface area (TPSA) is 26.0 Å². The summed E-state index contributed by atoms with van der Waals surface area (Å²) in [6.45, 7) is 4.07. The number of hydrogen-bond donors (Lipinski definition) is 1. The van der Waals surface area contributed by atoms with Gasteiger partial charge in [0, 0.05) is 5.38 Å². The Kier molecular flexibility index (Phi) is 2.58. The Labute approximate surface area is 75.5 Å². The van der Waals surface area contributed by atoms with Gasteiger partial charge in [-0.25, -0.2) is 0 Å². The lowest BCUT2D eigenvalue weighted by molar-refractivity contribution is 1.43. The van der Waals surface area contributed by atoms with Gasteiger partial charge < -0.3 is 5.73 Å². The molecule has 1 nitrogen and oxygen atoms in total. The molecule has 0 bridgehead atoms. The van der Waals surface area contributed by atoms with E-state index >= 15 is 0 Å². The van der Waals surface area contributed by atoms with Crippen LogP contribution in [0.3, 0.4) is 0 Å². The SMILES string of the molecule is CC(C)=Cc1scc(Cl)c1N. The fourth-order valence-corrected chi connectivity index (χ4v) is 1.92. The number of anilines is 1. The maximum absolute atomic E-state index is 5.77. The van der Waals surface area contributed by atoms with Gasteiger partial charge in [0.25, 0.3) is 0 Å². The molecule has 0 atom stereocenters. The highest BCUT2D eigenvalue weighted by molar-refractivity contribution is 7.12. The van der Waals surface area contributed by atoms with Gasteiger partial charge in [-0.2, -0.15) is 0 Å². The van der Waals surface area contributed by atoms with E-state index in [9.17, 15) is 0 Å². The van der Waals surface area contributed by atoms with Crippen molar-refractivity contribution in [1.29, 1.82) is 0 Å². The second kappa shape index (κ2) is 3.28. The minimum atomic E-state index is 0.655. The smallest absolute Gasteiger partial charge is 0.0749 e. The maximum Gasteiger partial charge on any atom is 0.0749 e. The summed E-state index contributed by atoms with van der Waals surface area (Å²) in [5.74, 6) is 0. The Morgan fingerprint density at radius 1 is 1.64 bits per heavy atom. The minimum absolute atomic E-state index is 0.655. The quantitative estimate of drug-likeness (QED) is 0.717. The molecule has 60 valence electrons. The van der Waals surface area contributed by atoms with Crippen molar-refractivity contribution in [3.63, 3.8) is 0 Å². The predicted molar refractivity (Wildman–Crippen MR) is 53.1 cm³/mol. The van der Waals surface area contributed by atoms with Gasteiger partial charge in [0.15, 0.2) is 0 Å². The summed E-state index contributed by atoms with van der Waals surface area (Å²) < 4.78 is 0. The zero-order valence-electron chi connectivity index (χ0n) is 6.52. The van der Waals surface area contributed by atoms with Crippen molar-refractivity contribution in [2.75, 3.05) is 5.73 Å². The summed E-state index contributed by atoms with van der Waals surface area (Å²) in [4.78, 5) is 1.05. The molecule has 1 heterocycles. The van der Waals surface area contributed by atoms with Gasteiger partial charge in [0.2, 0.25) is 0 Å². The molecule has 0 aromatic carbocycles. The van der Waals surface area contributed by atoms with Gasteiger partial charge in [-0.3, -0.25) is 0 Å². The fraction of sp³-hybridized carbons (Fsp3) is 0.250. The third-order valence-corrected chi connectivity index (χ3v) is 2.62. The second-order valence-electron chi connectivity index (χ2n) is 2.58. The van der Waals surface area contributed by atoms with E-state index in [0.717, 1.165) is 4.88 Å². The lowest BCUT2D eigenvalue weighted by Gasteiger charge is -1.91. The minimum Gasteiger partial charge on any atom is -0.396 e. The van der Waals surface area contributed by atoms with E-state index < -0.39 is 0 Å². The average Bonchev–Trinajstić information content (AvgIpc) is 2.18. The standard InChI is InChI=1S/C8H10ClNS/c1-5(2)3-7-8(10)6(9)4-11-7/h3-4H,10H2,1-2H3. The molecule has 0 saturated heterocycles. The molecule has 0 saturated carbocycles. The van der Waals surface area contributed by atoms with Crippen LogP contribution in [-0.2, 0) is 0 Å². The predicted octanol–water partition coefficient (Wildman–Crippen LogP) is 3.41. The molecule has 0 amide bonds. The zero-order valence-corrected chi connectivity index (χ0v) is 8.09. The number of thiophene rings is 1. The molecule has 0 radical (unpaired) electrons. The third kappa shape index (κ3) is 1.98. The van der Waals surface area contributed by atoms with Crippen LogP contribution in [0.25, 0.3) is 6.08 Å². The van der Waals surface area contributed by atoms with Crippen molar-refractivity contribution in [3.05, 3.63) is 20.9 Å². The van der Waals surface area contributed by atoms with Crippen LogP contribution in [0.5, 0.6) is 0 Å². The van der Waals surface area contributed by atoms with Crippen LogP contribution in [0, 0.1) is 0 Å². The fourth-order valence-electron chi connectivity index (χ4n) is 0.734. The summed E-state index contributed by atoms with van der Waals surface area (Å²) in [7, 11) is 0. The van der Waals surface area contributed by atoms with Crippen molar-refractivity contribution in [2.24, 2.45) is 0 Å². The molecule has 1 aromatic rings. The van der Waals surface area contributed by atoms with Crippen molar-refractivity contribution in [3.8, 4) is 0 Å². The van der Waals surface area contributed by atoms with Crippen LogP contribution in [0.1, 0.15) is 18.7 Å². The highest BCUT2D eigenvalue weighted by atomic mass is 35.5. The van der Waals surface area contributed by atoms with Crippen molar-refractivity contribution >= 4 is 34.7 Å². The van der Waals surface area contributed by atoms with Gasteiger partial charge >= 0.3 is 0 Å². The molecular weight excluding hydrogens is 178 g/mol.